The van der Waals surface area contributed by atoms with Gasteiger partial charge in [0.15, 0.2) is 5.78 Å². The fourth-order valence-electron chi connectivity index (χ4n) is 3.23. The molecule has 142 valence electrons. The lowest BCUT2D eigenvalue weighted by molar-refractivity contribution is -0.120. The minimum atomic E-state index is -0.237. The van der Waals surface area contributed by atoms with Crippen molar-refractivity contribution in [2.24, 2.45) is 0 Å². The van der Waals surface area contributed by atoms with Gasteiger partial charge in [-0.15, -0.1) is 0 Å². The highest BCUT2D eigenvalue weighted by molar-refractivity contribution is 5.97. The fourth-order valence-corrected chi connectivity index (χ4v) is 3.23. The molecular formula is C21H25N3O3. The number of anilines is 2. The maximum Gasteiger partial charge on any atom is 0.241 e. The van der Waals surface area contributed by atoms with Gasteiger partial charge < -0.3 is 15.3 Å². The number of Topliss-reactive ketones (excluding diaryl/α,β-unsaturated/α-hetero) is 1. The predicted molar refractivity (Wildman–Crippen MR) is 106 cm³/mol. The van der Waals surface area contributed by atoms with Gasteiger partial charge in [-0.25, -0.2) is 0 Å². The number of aromatic hydroxyl groups is 1. The van der Waals surface area contributed by atoms with E-state index in [1.54, 1.807) is 36.4 Å². The first-order chi connectivity index (χ1) is 12.9. The van der Waals surface area contributed by atoms with Crippen LogP contribution in [0, 0.1) is 0 Å². The number of rotatable bonds is 5. The normalized spacial score (nSPS) is 16.0. The zero-order chi connectivity index (χ0) is 19.4. The lowest BCUT2D eigenvalue weighted by atomic mass is 10.1. The molecule has 1 fully saturated rings. The van der Waals surface area contributed by atoms with Crippen molar-refractivity contribution < 1.29 is 14.7 Å². The minimum absolute atomic E-state index is 0.00717. The van der Waals surface area contributed by atoms with Crippen LogP contribution in [0.25, 0.3) is 0 Å². The number of carbonyl (C=O) groups is 2. The van der Waals surface area contributed by atoms with Gasteiger partial charge in [-0.1, -0.05) is 0 Å². The Hall–Kier alpha value is -2.86. The summed E-state index contributed by atoms with van der Waals surface area (Å²) in [4.78, 5) is 28.3. The Bertz CT molecular complexity index is 794. The molecule has 2 aromatic rings. The number of hydrogen-bond acceptors (Lipinski definition) is 5. The van der Waals surface area contributed by atoms with Crippen molar-refractivity contribution >= 4 is 23.1 Å². The standard InChI is InChI=1S/C21H25N3O3/c1-15(21(27)22-18-5-3-17(4-6-18)16(2)25)23-11-13-24(14-12-23)19-7-9-20(26)10-8-19/h3-10,15,26H,11-14H2,1-2H3,(H,22,27)/t15-/m0/s1. The molecule has 0 unspecified atom stereocenters. The summed E-state index contributed by atoms with van der Waals surface area (Å²) in [6.07, 6.45) is 0. The first-order valence-electron chi connectivity index (χ1n) is 9.14. The lowest BCUT2D eigenvalue weighted by Crippen LogP contribution is -2.52. The highest BCUT2D eigenvalue weighted by Gasteiger charge is 2.25. The van der Waals surface area contributed by atoms with E-state index in [-0.39, 0.29) is 23.5 Å². The molecule has 27 heavy (non-hydrogen) atoms. The summed E-state index contributed by atoms with van der Waals surface area (Å²) >= 11 is 0. The Labute approximate surface area is 159 Å². The van der Waals surface area contributed by atoms with E-state index in [1.807, 2.05) is 19.1 Å². The van der Waals surface area contributed by atoms with Crippen molar-refractivity contribution in [1.29, 1.82) is 0 Å². The number of ketones is 1. The Morgan fingerprint density at radius 1 is 0.963 bits per heavy atom. The molecule has 3 rings (SSSR count). The fraction of sp³-hybridized carbons (Fsp3) is 0.333. The smallest absolute Gasteiger partial charge is 0.241 e. The summed E-state index contributed by atoms with van der Waals surface area (Å²) in [7, 11) is 0. The van der Waals surface area contributed by atoms with Crippen LogP contribution in [-0.2, 0) is 4.79 Å². The summed E-state index contributed by atoms with van der Waals surface area (Å²) in [6.45, 7) is 6.67. The molecule has 6 heteroatoms. The number of phenols is 1. The van der Waals surface area contributed by atoms with Crippen molar-refractivity contribution in [3.8, 4) is 5.75 Å². The van der Waals surface area contributed by atoms with E-state index < -0.39 is 0 Å². The molecule has 2 aromatic carbocycles. The van der Waals surface area contributed by atoms with Crippen LogP contribution >= 0.6 is 0 Å². The average Bonchev–Trinajstić information content (AvgIpc) is 2.68. The Kier molecular flexibility index (Phi) is 5.76. The van der Waals surface area contributed by atoms with Crippen LogP contribution < -0.4 is 10.2 Å². The van der Waals surface area contributed by atoms with E-state index in [2.05, 4.69) is 15.1 Å². The maximum absolute atomic E-state index is 12.6. The van der Waals surface area contributed by atoms with Gasteiger partial charge in [0.25, 0.3) is 0 Å². The summed E-state index contributed by atoms with van der Waals surface area (Å²) in [6, 6.07) is 13.9. The maximum atomic E-state index is 12.6. The summed E-state index contributed by atoms with van der Waals surface area (Å²) < 4.78 is 0. The van der Waals surface area contributed by atoms with Crippen LogP contribution in [0.4, 0.5) is 11.4 Å². The molecule has 1 aliphatic heterocycles. The first-order valence-corrected chi connectivity index (χ1v) is 9.14. The third-order valence-corrected chi connectivity index (χ3v) is 5.02. The molecule has 0 radical (unpaired) electrons. The average molecular weight is 367 g/mol. The number of piperazine rings is 1. The Morgan fingerprint density at radius 3 is 2.11 bits per heavy atom. The number of phenolic OH excluding ortho intramolecular Hbond substituents is 1. The van der Waals surface area contributed by atoms with Crippen molar-refractivity contribution in [2.45, 2.75) is 19.9 Å². The van der Waals surface area contributed by atoms with Gasteiger partial charge in [0.2, 0.25) is 5.91 Å². The molecule has 1 aliphatic rings. The zero-order valence-corrected chi connectivity index (χ0v) is 15.7. The van der Waals surface area contributed by atoms with Gasteiger partial charge in [-0.3, -0.25) is 14.5 Å². The van der Waals surface area contributed by atoms with Crippen LogP contribution in [0.5, 0.6) is 5.75 Å². The van der Waals surface area contributed by atoms with E-state index in [0.717, 1.165) is 31.9 Å². The van der Waals surface area contributed by atoms with Gasteiger partial charge in [0, 0.05) is 43.1 Å². The van der Waals surface area contributed by atoms with E-state index in [1.165, 1.54) is 6.92 Å². The van der Waals surface area contributed by atoms with E-state index in [4.69, 9.17) is 0 Å². The lowest BCUT2D eigenvalue weighted by Gasteiger charge is -2.38. The monoisotopic (exact) mass is 367 g/mol. The summed E-state index contributed by atoms with van der Waals surface area (Å²) in [5.74, 6) is 0.218. The summed E-state index contributed by atoms with van der Waals surface area (Å²) in [5, 5.41) is 12.3. The highest BCUT2D eigenvalue weighted by atomic mass is 16.3. The molecular weight excluding hydrogens is 342 g/mol. The van der Waals surface area contributed by atoms with Gasteiger partial charge in [0.1, 0.15) is 5.75 Å². The zero-order valence-electron chi connectivity index (χ0n) is 15.7. The molecule has 1 heterocycles. The van der Waals surface area contributed by atoms with Crippen LogP contribution in [0.2, 0.25) is 0 Å². The Balaban J connectivity index is 1.53. The molecule has 1 amide bonds. The van der Waals surface area contributed by atoms with Gasteiger partial charge in [-0.2, -0.15) is 0 Å². The van der Waals surface area contributed by atoms with Crippen LogP contribution in [0.3, 0.4) is 0 Å². The van der Waals surface area contributed by atoms with Crippen molar-refractivity contribution in [3.63, 3.8) is 0 Å². The second-order valence-corrected chi connectivity index (χ2v) is 6.84. The molecule has 0 bridgehead atoms. The van der Waals surface area contributed by atoms with Crippen molar-refractivity contribution in [2.75, 3.05) is 36.4 Å². The molecule has 0 spiro atoms. The number of amides is 1. The SMILES string of the molecule is CC(=O)c1ccc(NC(=O)[C@H](C)N2CCN(c3ccc(O)cc3)CC2)cc1. The number of carbonyl (C=O) groups excluding carboxylic acids is 2. The van der Waals surface area contributed by atoms with E-state index >= 15 is 0 Å². The predicted octanol–water partition coefficient (Wildman–Crippen LogP) is 2.74. The molecule has 6 nitrogen and oxygen atoms in total. The molecule has 1 saturated heterocycles. The molecule has 0 aromatic heterocycles. The summed E-state index contributed by atoms with van der Waals surface area (Å²) in [5.41, 5.74) is 2.40. The van der Waals surface area contributed by atoms with Crippen molar-refractivity contribution in [1.82, 2.24) is 4.90 Å². The quantitative estimate of drug-likeness (QED) is 0.795. The molecule has 0 saturated carbocycles. The highest BCUT2D eigenvalue weighted by Crippen LogP contribution is 2.20. The second kappa shape index (κ2) is 8.22. The molecule has 2 N–H and O–H groups in total. The molecule has 1 atom stereocenters. The third kappa shape index (κ3) is 4.65. The van der Waals surface area contributed by atoms with Crippen LogP contribution in [0.15, 0.2) is 48.5 Å². The number of nitrogens with zero attached hydrogens (tertiary/aromatic N) is 2. The third-order valence-electron chi connectivity index (χ3n) is 5.02. The van der Waals surface area contributed by atoms with Crippen LogP contribution in [0.1, 0.15) is 24.2 Å². The van der Waals surface area contributed by atoms with Crippen molar-refractivity contribution in [3.05, 3.63) is 54.1 Å². The topological polar surface area (TPSA) is 72.9 Å². The van der Waals surface area contributed by atoms with Gasteiger partial charge in [0.05, 0.1) is 6.04 Å². The number of nitrogens with one attached hydrogen (secondary N) is 1. The largest absolute Gasteiger partial charge is 0.508 e. The van der Waals surface area contributed by atoms with Crippen LogP contribution in [-0.4, -0.2) is 53.9 Å². The Morgan fingerprint density at radius 2 is 1.56 bits per heavy atom. The second-order valence-electron chi connectivity index (χ2n) is 6.84. The number of hydrogen-bond donors (Lipinski definition) is 2. The van der Waals surface area contributed by atoms with E-state index in [9.17, 15) is 14.7 Å². The minimum Gasteiger partial charge on any atom is -0.508 e. The van der Waals surface area contributed by atoms with E-state index in [0.29, 0.717) is 11.3 Å². The molecule has 0 aliphatic carbocycles. The first kappa shape index (κ1) is 18.9. The van der Waals surface area contributed by atoms with Gasteiger partial charge in [-0.05, 0) is 62.4 Å². The number of benzene rings is 2. The van der Waals surface area contributed by atoms with Gasteiger partial charge >= 0.3 is 0 Å².